The van der Waals surface area contributed by atoms with E-state index in [2.05, 4.69) is 6.92 Å². The highest BCUT2D eigenvalue weighted by atomic mass is 16.5. The van der Waals surface area contributed by atoms with E-state index >= 15 is 0 Å². The molecule has 0 heterocycles. The van der Waals surface area contributed by atoms with Crippen LogP contribution in [-0.4, -0.2) is 23.7 Å². The number of carbonyl (C=O) groups excluding carboxylic acids is 1. The summed E-state index contributed by atoms with van der Waals surface area (Å²) in [5, 5.41) is 8.41. The van der Waals surface area contributed by atoms with Gasteiger partial charge >= 0.3 is 11.9 Å². The summed E-state index contributed by atoms with van der Waals surface area (Å²) < 4.78 is 4.94. The van der Waals surface area contributed by atoms with Crippen molar-refractivity contribution in [2.24, 2.45) is 0 Å². The van der Waals surface area contributed by atoms with Crippen molar-refractivity contribution < 1.29 is 19.4 Å². The topological polar surface area (TPSA) is 63.6 Å². The van der Waals surface area contributed by atoms with E-state index < -0.39 is 11.9 Å². The van der Waals surface area contributed by atoms with Gasteiger partial charge in [-0.25, -0.2) is 9.59 Å². The summed E-state index contributed by atoms with van der Waals surface area (Å²) in [6.45, 7) is 2.65. The average molecular weight is 411 g/mol. The Morgan fingerprint density at radius 2 is 0.931 bits per heavy atom. The van der Waals surface area contributed by atoms with E-state index in [1.54, 1.807) is 0 Å². The number of carboxylic acids is 1. The monoisotopic (exact) mass is 410 g/mol. The van der Waals surface area contributed by atoms with E-state index in [1.165, 1.54) is 109 Å². The van der Waals surface area contributed by atoms with Crippen molar-refractivity contribution >= 4 is 11.9 Å². The molecule has 0 radical (unpaired) electrons. The van der Waals surface area contributed by atoms with Crippen LogP contribution < -0.4 is 0 Å². The first-order valence-electron chi connectivity index (χ1n) is 12.2. The maximum Gasteiger partial charge on any atom is 0.331 e. The zero-order valence-electron chi connectivity index (χ0n) is 19.0. The highest BCUT2D eigenvalue weighted by molar-refractivity contribution is 5.90. The predicted molar refractivity (Wildman–Crippen MR) is 121 cm³/mol. The molecule has 170 valence electrons. The quantitative estimate of drug-likeness (QED) is 0.113. The predicted octanol–water partition coefficient (Wildman–Crippen LogP) is 7.60. The zero-order chi connectivity index (χ0) is 21.4. The number of unbranched alkanes of at least 4 members (excludes halogenated alkanes) is 18. The Kier molecular flexibility index (Phi) is 21.9. The summed E-state index contributed by atoms with van der Waals surface area (Å²) in [4.78, 5) is 21.4. The lowest BCUT2D eigenvalue weighted by Crippen LogP contribution is -2.03. The van der Waals surface area contributed by atoms with E-state index in [1.807, 2.05) is 0 Å². The minimum absolute atomic E-state index is 0.377. The highest BCUT2D eigenvalue weighted by Crippen LogP contribution is 2.14. The van der Waals surface area contributed by atoms with Crippen LogP contribution in [0.25, 0.3) is 0 Å². The van der Waals surface area contributed by atoms with Crippen molar-refractivity contribution in [3.8, 4) is 0 Å². The Bertz CT molecular complexity index is 404. The molecule has 0 saturated carbocycles. The first-order valence-corrected chi connectivity index (χ1v) is 12.2. The lowest BCUT2D eigenvalue weighted by molar-refractivity contribution is -0.138. The molecule has 0 atom stereocenters. The fraction of sp³-hybridized carbons (Fsp3) is 0.840. The van der Waals surface area contributed by atoms with Gasteiger partial charge in [-0.2, -0.15) is 0 Å². The van der Waals surface area contributed by atoms with Gasteiger partial charge in [0.1, 0.15) is 0 Å². The maximum atomic E-state index is 11.2. The summed E-state index contributed by atoms with van der Waals surface area (Å²) in [5.74, 6) is -1.71. The Balaban J connectivity index is 3.12. The second-order valence-electron chi connectivity index (χ2n) is 8.20. The molecule has 1 N–H and O–H groups in total. The Morgan fingerprint density at radius 3 is 1.28 bits per heavy atom. The third kappa shape index (κ3) is 24.6. The van der Waals surface area contributed by atoms with Gasteiger partial charge < -0.3 is 9.84 Å². The molecule has 0 bridgehead atoms. The third-order valence-corrected chi connectivity index (χ3v) is 5.35. The molecular weight excluding hydrogens is 364 g/mol. The molecule has 0 aromatic carbocycles. The van der Waals surface area contributed by atoms with Crippen molar-refractivity contribution in [1.29, 1.82) is 0 Å². The van der Waals surface area contributed by atoms with Crippen molar-refractivity contribution in [2.75, 3.05) is 6.61 Å². The smallest absolute Gasteiger partial charge is 0.331 e. The number of esters is 1. The van der Waals surface area contributed by atoms with Crippen LogP contribution in [0.5, 0.6) is 0 Å². The molecule has 0 rings (SSSR count). The third-order valence-electron chi connectivity index (χ3n) is 5.35. The molecule has 0 aliphatic rings. The number of aliphatic carboxylic acids is 1. The Morgan fingerprint density at radius 1 is 0.586 bits per heavy atom. The van der Waals surface area contributed by atoms with Crippen LogP contribution in [-0.2, 0) is 14.3 Å². The maximum absolute atomic E-state index is 11.2. The van der Waals surface area contributed by atoms with Gasteiger partial charge in [-0.3, -0.25) is 0 Å². The number of rotatable bonds is 22. The van der Waals surface area contributed by atoms with Crippen molar-refractivity contribution in [2.45, 2.75) is 129 Å². The molecule has 0 unspecified atom stereocenters. The van der Waals surface area contributed by atoms with Gasteiger partial charge in [0.05, 0.1) is 6.61 Å². The highest BCUT2D eigenvalue weighted by Gasteiger charge is 1.99. The molecule has 0 saturated heterocycles. The van der Waals surface area contributed by atoms with E-state index in [0.29, 0.717) is 6.61 Å². The lowest BCUT2D eigenvalue weighted by atomic mass is 10.0. The molecule has 0 aliphatic heterocycles. The van der Waals surface area contributed by atoms with Gasteiger partial charge in [0, 0.05) is 12.2 Å². The van der Waals surface area contributed by atoms with Gasteiger partial charge in [-0.15, -0.1) is 0 Å². The van der Waals surface area contributed by atoms with E-state index in [9.17, 15) is 9.59 Å². The molecule has 4 nitrogen and oxygen atoms in total. The van der Waals surface area contributed by atoms with Crippen LogP contribution in [0, 0.1) is 0 Å². The molecule has 29 heavy (non-hydrogen) atoms. The number of hydrogen-bond acceptors (Lipinski definition) is 3. The number of carbonyl (C=O) groups is 2. The largest absolute Gasteiger partial charge is 0.478 e. The van der Waals surface area contributed by atoms with Gasteiger partial charge in [-0.1, -0.05) is 122 Å². The summed E-state index contributed by atoms with van der Waals surface area (Å²) in [5.41, 5.74) is 0. The normalized spacial score (nSPS) is 11.2. The van der Waals surface area contributed by atoms with Crippen LogP contribution in [0.1, 0.15) is 129 Å². The Hall–Kier alpha value is -1.32. The molecule has 0 spiro atoms. The van der Waals surface area contributed by atoms with Crippen LogP contribution in [0.15, 0.2) is 12.2 Å². The van der Waals surface area contributed by atoms with Crippen LogP contribution in [0.2, 0.25) is 0 Å². The van der Waals surface area contributed by atoms with E-state index in [4.69, 9.17) is 9.84 Å². The molecular formula is C25H46O4. The van der Waals surface area contributed by atoms with Gasteiger partial charge in [0.2, 0.25) is 0 Å². The summed E-state index contributed by atoms with van der Waals surface area (Å²) >= 11 is 0. The zero-order valence-corrected chi connectivity index (χ0v) is 19.0. The second-order valence-corrected chi connectivity index (χ2v) is 8.20. The Labute approximate surface area is 179 Å². The molecule has 0 aromatic rings. The molecule has 0 amide bonds. The van der Waals surface area contributed by atoms with E-state index in [0.717, 1.165) is 25.0 Å². The standard InChI is InChI=1S/C25H46O4/c1-2-3-4-5-6-7-8-9-10-11-12-13-14-15-16-17-18-19-20-23-29-25(28)22-21-24(26)27/h21-22H,2-20,23H2,1H3,(H,26,27)/b22-21-. The van der Waals surface area contributed by atoms with Gasteiger partial charge in [0.25, 0.3) is 0 Å². The SMILES string of the molecule is CCCCCCCCCCCCCCCCCCCCCOC(=O)/C=C\C(=O)O. The van der Waals surface area contributed by atoms with Crippen molar-refractivity contribution in [3.63, 3.8) is 0 Å². The molecule has 0 aromatic heterocycles. The van der Waals surface area contributed by atoms with Crippen LogP contribution in [0.4, 0.5) is 0 Å². The summed E-state index contributed by atoms with van der Waals surface area (Å²) in [7, 11) is 0. The van der Waals surface area contributed by atoms with Gasteiger partial charge in [-0.05, 0) is 6.42 Å². The van der Waals surface area contributed by atoms with Crippen molar-refractivity contribution in [3.05, 3.63) is 12.2 Å². The van der Waals surface area contributed by atoms with Crippen molar-refractivity contribution in [1.82, 2.24) is 0 Å². The lowest BCUT2D eigenvalue weighted by Gasteiger charge is -2.04. The summed E-state index contributed by atoms with van der Waals surface area (Å²) in [6, 6.07) is 0. The van der Waals surface area contributed by atoms with E-state index in [-0.39, 0.29) is 0 Å². The minimum Gasteiger partial charge on any atom is -0.478 e. The van der Waals surface area contributed by atoms with Crippen LogP contribution >= 0.6 is 0 Å². The fourth-order valence-corrected chi connectivity index (χ4v) is 3.54. The second kappa shape index (κ2) is 23.0. The average Bonchev–Trinajstić information content (AvgIpc) is 2.70. The molecule has 0 fully saturated rings. The number of carboxylic acid groups (broad SMARTS) is 1. The van der Waals surface area contributed by atoms with Gasteiger partial charge in [0.15, 0.2) is 0 Å². The first kappa shape index (κ1) is 27.7. The number of hydrogen-bond donors (Lipinski definition) is 1. The van der Waals surface area contributed by atoms with Crippen LogP contribution in [0.3, 0.4) is 0 Å². The summed E-state index contributed by atoms with van der Waals surface area (Å²) in [6.07, 6.45) is 27.1. The fourth-order valence-electron chi connectivity index (χ4n) is 3.54. The number of ether oxygens (including phenoxy) is 1. The first-order chi connectivity index (χ1) is 14.2. The molecule has 0 aliphatic carbocycles. The minimum atomic E-state index is -1.13. The molecule has 4 heteroatoms.